The van der Waals surface area contributed by atoms with Gasteiger partial charge in [0.15, 0.2) is 6.10 Å². The van der Waals surface area contributed by atoms with Crippen LogP contribution in [0.2, 0.25) is 0 Å². The van der Waals surface area contributed by atoms with E-state index in [9.17, 15) is 4.79 Å². The Morgan fingerprint density at radius 2 is 1.33 bits per heavy atom. The molecule has 0 spiro atoms. The molecule has 3 heteroatoms. The number of carbonyl (C=O) groups is 1. The molecule has 0 radical (unpaired) electrons. The molecule has 0 saturated carbocycles. The highest BCUT2D eigenvalue weighted by molar-refractivity contribution is 5.94. The van der Waals surface area contributed by atoms with Crippen molar-refractivity contribution in [2.45, 2.75) is 110 Å². The van der Waals surface area contributed by atoms with Crippen LogP contribution >= 0.6 is 0 Å². The van der Waals surface area contributed by atoms with Crippen molar-refractivity contribution in [2.75, 3.05) is 5.32 Å². The molecule has 2 aromatic carbocycles. The van der Waals surface area contributed by atoms with Crippen LogP contribution in [0.5, 0.6) is 5.75 Å². The molecule has 1 N–H and O–H groups in total. The van der Waals surface area contributed by atoms with Gasteiger partial charge in [-0.2, -0.15) is 0 Å². The zero-order chi connectivity index (χ0) is 23.9. The summed E-state index contributed by atoms with van der Waals surface area (Å²) in [6.07, 6.45) is 13.0. The fraction of sp³-hybridized carbons (Fsp3) is 0.567. The first-order valence-electron chi connectivity index (χ1n) is 13.0. The second kappa shape index (κ2) is 14.8. The van der Waals surface area contributed by atoms with Crippen molar-refractivity contribution in [2.24, 2.45) is 0 Å². The topological polar surface area (TPSA) is 38.3 Å². The third-order valence-corrected chi connectivity index (χ3v) is 6.15. The maximum absolute atomic E-state index is 13.0. The molecule has 182 valence electrons. The largest absolute Gasteiger partial charge is 0.481 e. The van der Waals surface area contributed by atoms with E-state index in [-0.39, 0.29) is 11.3 Å². The molecule has 0 bridgehead atoms. The van der Waals surface area contributed by atoms with E-state index in [4.69, 9.17) is 4.74 Å². The molecular weight excluding hydrogens is 406 g/mol. The molecule has 2 aromatic rings. The van der Waals surface area contributed by atoms with E-state index in [2.05, 4.69) is 45.1 Å². The van der Waals surface area contributed by atoms with Gasteiger partial charge in [-0.25, -0.2) is 0 Å². The summed E-state index contributed by atoms with van der Waals surface area (Å²) in [5, 5.41) is 3.02. The number of hydrogen-bond acceptors (Lipinski definition) is 2. The summed E-state index contributed by atoms with van der Waals surface area (Å²) in [5.74, 6) is 0.681. The molecule has 0 aliphatic heterocycles. The smallest absolute Gasteiger partial charge is 0.265 e. The van der Waals surface area contributed by atoms with Crippen LogP contribution in [0.4, 0.5) is 5.69 Å². The molecule has 1 unspecified atom stereocenters. The van der Waals surface area contributed by atoms with Crippen molar-refractivity contribution >= 4 is 11.6 Å². The van der Waals surface area contributed by atoms with Gasteiger partial charge in [-0.15, -0.1) is 0 Å². The van der Waals surface area contributed by atoms with Gasteiger partial charge in [-0.3, -0.25) is 4.79 Å². The number of rotatable bonds is 15. The Balaban J connectivity index is 1.85. The fourth-order valence-corrected chi connectivity index (χ4v) is 4.00. The first-order chi connectivity index (χ1) is 15.9. The van der Waals surface area contributed by atoms with E-state index in [1.165, 1.54) is 56.9 Å². The molecule has 2 rings (SSSR count). The molecular formula is C30H45NO2. The zero-order valence-corrected chi connectivity index (χ0v) is 21.4. The van der Waals surface area contributed by atoms with Gasteiger partial charge in [0.1, 0.15) is 5.75 Å². The first-order valence-corrected chi connectivity index (χ1v) is 13.0. The molecule has 33 heavy (non-hydrogen) atoms. The Morgan fingerprint density at radius 1 is 0.788 bits per heavy atom. The average Bonchev–Trinajstić information content (AvgIpc) is 2.80. The first kappa shape index (κ1) is 27.0. The summed E-state index contributed by atoms with van der Waals surface area (Å²) in [6, 6.07) is 17.8. The van der Waals surface area contributed by atoms with Gasteiger partial charge < -0.3 is 10.1 Å². The maximum Gasteiger partial charge on any atom is 0.265 e. The fourth-order valence-electron chi connectivity index (χ4n) is 4.00. The average molecular weight is 452 g/mol. The SMILES string of the molecule is CCCCCCCCCCCCC(Oc1ccc(C(C)(C)C)cc1)C(=O)Nc1ccccc1. The predicted molar refractivity (Wildman–Crippen MR) is 141 cm³/mol. The van der Waals surface area contributed by atoms with Crippen LogP contribution in [-0.2, 0) is 10.2 Å². The second-order valence-corrected chi connectivity index (χ2v) is 10.2. The number of unbranched alkanes of at least 4 members (excludes halogenated alkanes) is 9. The van der Waals surface area contributed by atoms with Gasteiger partial charge in [0, 0.05) is 5.69 Å². The van der Waals surface area contributed by atoms with Crippen LogP contribution < -0.4 is 10.1 Å². The highest BCUT2D eigenvalue weighted by Crippen LogP contribution is 2.25. The number of amides is 1. The Morgan fingerprint density at radius 3 is 1.88 bits per heavy atom. The Labute approximate surface area is 202 Å². The highest BCUT2D eigenvalue weighted by atomic mass is 16.5. The van der Waals surface area contributed by atoms with E-state index in [1.807, 2.05) is 42.5 Å². The van der Waals surface area contributed by atoms with Crippen LogP contribution in [0.15, 0.2) is 54.6 Å². The van der Waals surface area contributed by atoms with Gasteiger partial charge in [0.25, 0.3) is 5.91 Å². The van der Waals surface area contributed by atoms with E-state index < -0.39 is 6.10 Å². The predicted octanol–water partition coefficient (Wildman–Crippen LogP) is 8.68. The third-order valence-electron chi connectivity index (χ3n) is 6.15. The number of anilines is 1. The summed E-state index contributed by atoms with van der Waals surface area (Å²) in [6.45, 7) is 8.86. The van der Waals surface area contributed by atoms with Gasteiger partial charge in [0.2, 0.25) is 0 Å². The normalized spacial score (nSPS) is 12.4. The lowest BCUT2D eigenvalue weighted by Gasteiger charge is -2.21. The third kappa shape index (κ3) is 10.9. The Kier molecular flexibility index (Phi) is 12.1. The molecule has 3 nitrogen and oxygen atoms in total. The number of para-hydroxylation sites is 1. The summed E-state index contributed by atoms with van der Waals surface area (Å²) >= 11 is 0. The Hall–Kier alpha value is -2.29. The quantitative estimate of drug-likeness (QED) is 0.275. The summed E-state index contributed by atoms with van der Waals surface area (Å²) < 4.78 is 6.19. The van der Waals surface area contributed by atoms with E-state index in [0.717, 1.165) is 30.7 Å². The van der Waals surface area contributed by atoms with E-state index in [1.54, 1.807) is 0 Å². The van der Waals surface area contributed by atoms with Gasteiger partial charge >= 0.3 is 0 Å². The number of hydrogen-bond donors (Lipinski definition) is 1. The lowest BCUT2D eigenvalue weighted by molar-refractivity contribution is -0.123. The molecule has 0 aliphatic rings. The van der Waals surface area contributed by atoms with Crippen molar-refractivity contribution in [3.05, 3.63) is 60.2 Å². The summed E-state index contributed by atoms with van der Waals surface area (Å²) in [4.78, 5) is 13.0. The number of ether oxygens (including phenoxy) is 1. The highest BCUT2D eigenvalue weighted by Gasteiger charge is 2.21. The van der Waals surface area contributed by atoms with Gasteiger partial charge in [0.05, 0.1) is 0 Å². The van der Waals surface area contributed by atoms with Crippen molar-refractivity contribution in [1.29, 1.82) is 0 Å². The minimum Gasteiger partial charge on any atom is -0.481 e. The number of carbonyl (C=O) groups excluding carboxylic acids is 1. The zero-order valence-electron chi connectivity index (χ0n) is 21.4. The van der Waals surface area contributed by atoms with Crippen molar-refractivity contribution in [3.63, 3.8) is 0 Å². The van der Waals surface area contributed by atoms with Crippen molar-refractivity contribution < 1.29 is 9.53 Å². The van der Waals surface area contributed by atoms with Gasteiger partial charge in [-0.05, 0) is 48.1 Å². The van der Waals surface area contributed by atoms with Crippen LogP contribution in [0.1, 0.15) is 104 Å². The molecule has 1 amide bonds. The molecule has 0 heterocycles. The minimum absolute atomic E-state index is 0.0722. The summed E-state index contributed by atoms with van der Waals surface area (Å²) in [5.41, 5.74) is 2.16. The second-order valence-electron chi connectivity index (χ2n) is 10.2. The molecule has 0 fully saturated rings. The monoisotopic (exact) mass is 451 g/mol. The molecule has 0 saturated heterocycles. The minimum atomic E-state index is -0.486. The number of nitrogens with one attached hydrogen (secondary N) is 1. The summed E-state index contributed by atoms with van der Waals surface area (Å²) in [7, 11) is 0. The maximum atomic E-state index is 13.0. The van der Waals surface area contributed by atoms with Crippen LogP contribution in [0.3, 0.4) is 0 Å². The van der Waals surface area contributed by atoms with E-state index in [0.29, 0.717) is 0 Å². The van der Waals surface area contributed by atoms with Crippen molar-refractivity contribution in [1.82, 2.24) is 0 Å². The lowest BCUT2D eigenvalue weighted by Crippen LogP contribution is -2.33. The lowest BCUT2D eigenvalue weighted by atomic mass is 9.87. The van der Waals surface area contributed by atoms with Crippen molar-refractivity contribution in [3.8, 4) is 5.75 Å². The van der Waals surface area contributed by atoms with Crippen LogP contribution in [-0.4, -0.2) is 12.0 Å². The molecule has 0 aromatic heterocycles. The van der Waals surface area contributed by atoms with E-state index >= 15 is 0 Å². The van der Waals surface area contributed by atoms with Gasteiger partial charge in [-0.1, -0.05) is 116 Å². The molecule has 1 atom stereocenters. The standard InChI is InChI=1S/C30H45NO2/c1-5-6-7-8-9-10-11-12-13-17-20-28(29(32)31-26-18-15-14-16-19-26)33-27-23-21-25(22-24-27)30(2,3)4/h14-16,18-19,21-24,28H,5-13,17,20H2,1-4H3,(H,31,32). The Bertz CT molecular complexity index is 777. The number of benzene rings is 2. The molecule has 0 aliphatic carbocycles. The van der Waals surface area contributed by atoms with Crippen LogP contribution in [0.25, 0.3) is 0 Å². The van der Waals surface area contributed by atoms with Crippen LogP contribution in [0, 0.1) is 0 Å².